The molecular weight excluding hydrogens is 264 g/mol. The molecule has 0 saturated carbocycles. The van der Waals surface area contributed by atoms with Crippen LogP contribution < -0.4 is 10.7 Å². The molecule has 0 aliphatic carbocycles. The van der Waals surface area contributed by atoms with Gasteiger partial charge in [-0.05, 0) is 31.5 Å². The van der Waals surface area contributed by atoms with Crippen molar-refractivity contribution in [2.24, 2.45) is 5.10 Å². The molecule has 0 heterocycles. The topological polar surface area (TPSA) is 114 Å². The van der Waals surface area contributed by atoms with Crippen molar-refractivity contribution in [1.82, 2.24) is 10.7 Å². The Bertz CT molecular complexity index is 537. The molecule has 8 heteroatoms. The summed E-state index contributed by atoms with van der Waals surface area (Å²) in [5, 5.41) is 16.4. The van der Waals surface area contributed by atoms with Crippen LogP contribution in [0.25, 0.3) is 0 Å². The van der Waals surface area contributed by atoms with Crippen molar-refractivity contribution in [2.45, 2.75) is 19.9 Å². The van der Waals surface area contributed by atoms with Gasteiger partial charge in [0.2, 0.25) is 0 Å². The maximum Gasteiger partial charge on any atom is 0.329 e. The van der Waals surface area contributed by atoms with Crippen molar-refractivity contribution in [3.63, 3.8) is 0 Å². The van der Waals surface area contributed by atoms with Gasteiger partial charge in [0.15, 0.2) is 0 Å². The number of carbonyl (C=O) groups excluding carboxylic acids is 2. The van der Waals surface area contributed by atoms with Crippen molar-refractivity contribution in [3.05, 3.63) is 39.9 Å². The Morgan fingerprint density at radius 1 is 1.25 bits per heavy atom. The maximum atomic E-state index is 11.3. The van der Waals surface area contributed by atoms with E-state index in [0.717, 1.165) is 0 Å². The van der Waals surface area contributed by atoms with Crippen LogP contribution in [0.1, 0.15) is 19.4 Å². The van der Waals surface area contributed by atoms with E-state index in [9.17, 15) is 19.7 Å². The zero-order valence-electron chi connectivity index (χ0n) is 11.0. The summed E-state index contributed by atoms with van der Waals surface area (Å²) in [4.78, 5) is 32.5. The van der Waals surface area contributed by atoms with Crippen LogP contribution in [-0.4, -0.2) is 29.0 Å². The van der Waals surface area contributed by atoms with Crippen LogP contribution in [0, 0.1) is 10.1 Å². The lowest BCUT2D eigenvalue weighted by Crippen LogP contribution is -2.41. The first-order chi connectivity index (χ1) is 9.40. The van der Waals surface area contributed by atoms with Crippen molar-refractivity contribution in [2.75, 3.05) is 0 Å². The van der Waals surface area contributed by atoms with Gasteiger partial charge in [-0.25, -0.2) is 5.43 Å². The summed E-state index contributed by atoms with van der Waals surface area (Å²) < 4.78 is 0. The van der Waals surface area contributed by atoms with E-state index in [1.807, 2.05) is 0 Å². The Kier molecular flexibility index (Phi) is 5.33. The van der Waals surface area contributed by atoms with Crippen molar-refractivity contribution in [3.8, 4) is 0 Å². The molecule has 0 aliphatic heterocycles. The number of nitro groups is 1. The molecule has 0 fully saturated rings. The molecule has 1 aromatic rings. The molecule has 0 spiro atoms. The number of benzene rings is 1. The van der Waals surface area contributed by atoms with Gasteiger partial charge in [-0.1, -0.05) is 0 Å². The number of nitrogens with zero attached hydrogens (tertiary/aromatic N) is 2. The number of hydrogen-bond donors (Lipinski definition) is 2. The fourth-order valence-corrected chi connectivity index (χ4v) is 1.23. The van der Waals surface area contributed by atoms with Crippen LogP contribution in [0.4, 0.5) is 5.69 Å². The number of carbonyl (C=O) groups is 2. The van der Waals surface area contributed by atoms with E-state index in [-0.39, 0.29) is 11.7 Å². The van der Waals surface area contributed by atoms with Crippen LogP contribution in [0.5, 0.6) is 0 Å². The molecule has 1 rings (SSSR count). The normalized spacial score (nSPS) is 10.6. The molecule has 0 aliphatic rings. The molecule has 1 aromatic carbocycles. The third kappa shape index (κ3) is 4.84. The average Bonchev–Trinajstić information content (AvgIpc) is 2.38. The Balaban J connectivity index is 2.54. The van der Waals surface area contributed by atoms with Crippen LogP contribution in [-0.2, 0) is 9.59 Å². The SMILES string of the molecule is CC(C)NC(=O)C(=O)N/N=C\c1ccc([N+](=O)[O-])cc1. The van der Waals surface area contributed by atoms with E-state index < -0.39 is 16.7 Å². The number of rotatable bonds is 4. The van der Waals surface area contributed by atoms with Crippen LogP contribution >= 0.6 is 0 Å². The Labute approximate surface area is 115 Å². The molecule has 0 unspecified atom stereocenters. The summed E-state index contributed by atoms with van der Waals surface area (Å²) in [7, 11) is 0. The van der Waals surface area contributed by atoms with E-state index >= 15 is 0 Å². The second-order valence-electron chi connectivity index (χ2n) is 4.18. The van der Waals surface area contributed by atoms with Crippen LogP contribution in [0.15, 0.2) is 29.4 Å². The monoisotopic (exact) mass is 278 g/mol. The summed E-state index contributed by atoms with van der Waals surface area (Å²) >= 11 is 0. The molecule has 0 aromatic heterocycles. The van der Waals surface area contributed by atoms with Crippen molar-refractivity contribution < 1.29 is 14.5 Å². The highest BCUT2D eigenvalue weighted by molar-refractivity contribution is 6.35. The van der Waals surface area contributed by atoms with Crippen molar-refractivity contribution in [1.29, 1.82) is 0 Å². The van der Waals surface area contributed by atoms with E-state index in [0.29, 0.717) is 5.56 Å². The van der Waals surface area contributed by atoms with Crippen molar-refractivity contribution >= 4 is 23.7 Å². The number of hydrazone groups is 1. The highest BCUT2D eigenvalue weighted by Gasteiger charge is 2.12. The minimum absolute atomic E-state index is 0.0394. The molecule has 20 heavy (non-hydrogen) atoms. The highest BCUT2D eigenvalue weighted by atomic mass is 16.6. The Morgan fingerprint density at radius 2 is 1.85 bits per heavy atom. The molecule has 0 bridgehead atoms. The predicted molar refractivity (Wildman–Crippen MR) is 72.1 cm³/mol. The Hall–Kier alpha value is -2.77. The number of nitro benzene ring substituents is 1. The lowest BCUT2D eigenvalue weighted by Gasteiger charge is -2.05. The summed E-state index contributed by atoms with van der Waals surface area (Å²) in [6, 6.07) is 5.43. The molecule has 8 nitrogen and oxygen atoms in total. The summed E-state index contributed by atoms with van der Waals surface area (Å²) in [6.07, 6.45) is 1.28. The number of non-ortho nitro benzene ring substituents is 1. The standard InChI is InChI=1S/C12H14N4O4/c1-8(2)14-11(17)12(18)15-13-7-9-3-5-10(6-4-9)16(19)20/h3-8H,1-2H3,(H,14,17)(H,15,18)/b13-7-. The summed E-state index contributed by atoms with van der Waals surface area (Å²) in [5.74, 6) is -1.65. The highest BCUT2D eigenvalue weighted by Crippen LogP contribution is 2.10. The molecule has 0 saturated heterocycles. The molecule has 0 atom stereocenters. The van der Waals surface area contributed by atoms with Crippen LogP contribution in [0.3, 0.4) is 0 Å². The van der Waals surface area contributed by atoms with Gasteiger partial charge in [0.05, 0.1) is 11.1 Å². The third-order valence-corrected chi connectivity index (χ3v) is 2.11. The molecule has 106 valence electrons. The first kappa shape index (κ1) is 15.3. The van der Waals surface area contributed by atoms with E-state index in [2.05, 4.69) is 15.8 Å². The van der Waals surface area contributed by atoms with Crippen LogP contribution in [0.2, 0.25) is 0 Å². The molecule has 2 N–H and O–H groups in total. The predicted octanol–water partition coefficient (Wildman–Crippen LogP) is 0.569. The fourth-order valence-electron chi connectivity index (χ4n) is 1.23. The lowest BCUT2D eigenvalue weighted by molar-refractivity contribution is -0.384. The van der Waals surface area contributed by atoms with Gasteiger partial charge in [0.25, 0.3) is 5.69 Å². The number of amides is 2. The molecule has 2 amide bonds. The average molecular weight is 278 g/mol. The smallest absolute Gasteiger partial charge is 0.329 e. The van der Waals surface area contributed by atoms with Gasteiger partial charge in [0.1, 0.15) is 0 Å². The largest absolute Gasteiger partial charge is 0.346 e. The Morgan fingerprint density at radius 3 is 2.35 bits per heavy atom. The first-order valence-electron chi connectivity index (χ1n) is 5.78. The zero-order chi connectivity index (χ0) is 15.1. The second-order valence-corrected chi connectivity index (χ2v) is 4.18. The van der Waals surface area contributed by atoms with Gasteiger partial charge >= 0.3 is 11.8 Å². The van der Waals surface area contributed by atoms with Gasteiger partial charge in [-0.3, -0.25) is 19.7 Å². The maximum absolute atomic E-state index is 11.3. The van der Waals surface area contributed by atoms with Gasteiger partial charge in [-0.15, -0.1) is 0 Å². The van der Waals surface area contributed by atoms with E-state index in [1.54, 1.807) is 13.8 Å². The fraction of sp³-hybridized carbons (Fsp3) is 0.250. The minimum Gasteiger partial charge on any atom is -0.346 e. The lowest BCUT2D eigenvalue weighted by atomic mass is 10.2. The first-order valence-corrected chi connectivity index (χ1v) is 5.78. The quantitative estimate of drug-likeness (QED) is 0.362. The second kappa shape index (κ2) is 6.98. The number of hydrogen-bond acceptors (Lipinski definition) is 5. The van der Waals surface area contributed by atoms with Gasteiger partial charge < -0.3 is 5.32 Å². The van der Waals surface area contributed by atoms with E-state index in [4.69, 9.17) is 0 Å². The van der Waals surface area contributed by atoms with Gasteiger partial charge in [-0.2, -0.15) is 5.10 Å². The zero-order valence-corrected chi connectivity index (χ0v) is 11.0. The molecule has 0 radical (unpaired) electrons. The van der Waals surface area contributed by atoms with Gasteiger partial charge in [0, 0.05) is 18.2 Å². The summed E-state index contributed by atoms with van der Waals surface area (Å²) in [5.41, 5.74) is 2.57. The van der Waals surface area contributed by atoms with E-state index in [1.165, 1.54) is 30.5 Å². The number of nitrogens with one attached hydrogen (secondary N) is 2. The summed E-state index contributed by atoms with van der Waals surface area (Å²) in [6.45, 7) is 3.46. The third-order valence-electron chi connectivity index (χ3n) is 2.11. The molecular formula is C12H14N4O4. The minimum atomic E-state index is -0.878.